The lowest BCUT2D eigenvalue weighted by Gasteiger charge is -2.17. The molecule has 1 aromatic rings. The van der Waals surface area contributed by atoms with Crippen molar-refractivity contribution in [3.8, 4) is 5.75 Å². The first kappa shape index (κ1) is 18.5. The van der Waals surface area contributed by atoms with Crippen LogP contribution < -0.4 is 4.74 Å². The zero-order chi connectivity index (χ0) is 16.4. The summed E-state index contributed by atoms with van der Waals surface area (Å²) < 4.78 is 10.6. The molecule has 0 fully saturated rings. The number of benzene rings is 1. The maximum atomic E-state index is 12.1. The Bertz CT molecular complexity index is 425. The van der Waals surface area contributed by atoms with Crippen LogP contribution in [0.5, 0.6) is 5.75 Å². The Hall–Kier alpha value is -1.51. The lowest BCUT2D eigenvalue weighted by Crippen LogP contribution is -2.20. The van der Waals surface area contributed by atoms with E-state index >= 15 is 0 Å². The Labute approximate surface area is 135 Å². The molecule has 0 heterocycles. The van der Waals surface area contributed by atoms with Crippen molar-refractivity contribution < 1.29 is 14.3 Å². The minimum Gasteiger partial charge on any atom is -0.497 e. The zero-order valence-electron chi connectivity index (χ0n) is 14.4. The molecule has 0 aliphatic carbocycles. The highest BCUT2D eigenvalue weighted by molar-refractivity contribution is 5.72. The molecular formula is C19H30O3. The Morgan fingerprint density at radius 3 is 2.41 bits per heavy atom. The first-order valence-electron chi connectivity index (χ1n) is 8.40. The van der Waals surface area contributed by atoms with Gasteiger partial charge in [-0.2, -0.15) is 0 Å². The summed E-state index contributed by atoms with van der Waals surface area (Å²) in [4.78, 5) is 12.1. The predicted octanol–water partition coefficient (Wildman–Crippen LogP) is 4.63. The van der Waals surface area contributed by atoms with Gasteiger partial charge in [0.2, 0.25) is 0 Å². The summed E-state index contributed by atoms with van der Waals surface area (Å²) in [6.07, 6.45) is 5.32. The van der Waals surface area contributed by atoms with Crippen LogP contribution in [0.15, 0.2) is 24.3 Å². The molecule has 0 amide bonds. The minimum atomic E-state index is -0.114. The van der Waals surface area contributed by atoms with Crippen molar-refractivity contribution in [2.75, 3.05) is 13.7 Å². The van der Waals surface area contributed by atoms with Crippen LogP contribution in [0.25, 0.3) is 0 Å². The fraction of sp³-hybridized carbons (Fsp3) is 0.632. The topological polar surface area (TPSA) is 35.5 Å². The van der Waals surface area contributed by atoms with Gasteiger partial charge in [-0.3, -0.25) is 4.79 Å². The molecule has 124 valence electrons. The molecule has 0 saturated carbocycles. The number of methoxy groups -OCH3 is 1. The van der Waals surface area contributed by atoms with Gasteiger partial charge in [-0.25, -0.2) is 0 Å². The predicted molar refractivity (Wildman–Crippen MR) is 90.1 cm³/mol. The van der Waals surface area contributed by atoms with Gasteiger partial charge in [-0.15, -0.1) is 0 Å². The molecule has 0 saturated heterocycles. The van der Waals surface area contributed by atoms with Gasteiger partial charge >= 0.3 is 5.97 Å². The quantitative estimate of drug-likeness (QED) is 0.591. The van der Waals surface area contributed by atoms with Gasteiger partial charge in [0.15, 0.2) is 0 Å². The van der Waals surface area contributed by atoms with Crippen LogP contribution in [0.1, 0.15) is 52.0 Å². The number of hydrogen-bond donors (Lipinski definition) is 0. The van der Waals surface area contributed by atoms with Crippen molar-refractivity contribution in [3.05, 3.63) is 29.8 Å². The van der Waals surface area contributed by atoms with Crippen LogP contribution in [0, 0.1) is 11.8 Å². The summed E-state index contributed by atoms with van der Waals surface area (Å²) in [7, 11) is 1.65. The molecule has 22 heavy (non-hydrogen) atoms. The van der Waals surface area contributed by atoms with Gasteiger partial charge < -0.3 is 9.47 Å². The minimum absolute atomic E-state index is 0.0919. The first-order valence-corrected chi connectivity index (χ1v) is 8.40. The first-order chi connectivity index (χ1) is 10.6. The summed E-state index contributed by atoms with van der Waals surface area (Å²) >= 11 is 0. The van der Waals surface area contributed by atoms with Gasteiger partial charge in [0, 0.05) is 0 Å². The maximum Gasteiger partial charge on any atom is 0.308 e. The summed E-state index contributed by atoms with van der Waals surface area (Å²) in [6.45, 7) is 6.84. The summed E-state index contributed by atoms with van der Waals surface area (Å²) in [6, 6.07) is 7.84. The van der Waals surface area contributed by atoms with E-state index in [1.54, 1.807) is 7.11 Å². The standard InChI is InChI=1S/C19H30O3/c1-5-7-8-16(6-2)14-22-19(20)15(3)13-17-9-11-18(21-4)12-10-17/h9-12,15-16H,5-8,13-14H2,1-4H3. The maximum absolute atomic E-state index is 12.1. The van der Waals surface area contributed by atoms with Crippen molar-refractivity contribution in [1.82, 2.24) is 0 Å². The second-order valence-corrected chi connectivity index (χ2v) is 6.00. The average Bonchev–Trinajstić information content (AvgIpc) is 2.55. The highest BCUT2D eigenvalue weighted by Gasteiger charge is 2.17. The van der Waals surface area contributed by atoms with Crippen LogP contribution in [0.4, 0.5) is 0 Å². The molecule has 0 aliphatic heterocycles. The zero-order valence-corrected chi connectivity index (χ0v) is 14.4. The average molecular weight is 306 g/mol. The molecule has 0 radical (unpaired) electrons. The molecule has 3 heteroatoms. The Balaban J connectivity index is 2.40. The Kier molecular flexibility index (Phi) is 8.64. The van der Waals surface area contributed by atoms with Gasteiger partial charge in [0.25, 0.3) is 0 Å². The van der Waals surface area contributed by atoms with E-state index in [2.05, 4.69) is 13.8 Å². The van der Waals surface area contributed by atoms with E-state index in [1.165, 1.54) is 12.8 Å². The highest BCUT2D eigenvalue weighted by Crippen LogP contribution is 2.17. The molecule has 0 aromatic heterocycles. The van der Waals surface area contributed by atoms with E-state index in [4.69, 9.17) is 9.47 Å². The number of carbonyl (C=O) groups is 1. The SMILES string of the molecule is CCCCC(CC)COC(=O)C(C)Cc1ccc(OC)cc1. The van der Waals surface area contributed by atoms with Crippen molar-refractivity contribution >= 4 is 5.97 Å². The molecule has 0 bridgehead atoms. The van der Waals surface area contributed by atoms with Crippen LogP contribution in [-0.4, -0.2) is 19.7 Å². The number of hydrogen-bond acceptors (Lipinski definition) is 3. The third-order valence-electron chi connectivity index (χ3n) is 4.11. The second kappa shape index (κ2) is 10.3. The van der Waals surface area contributed by atoms with E-state index < -0.39 is 0 Å². The molecular weight excluding hydrogens is 276 g/mol. The summed E-state index contributed by atoms with van der Waals surface area (Å²) in [5.41, 5.74) is 1.13. The molecule has 3 nitrogen and oxygen atoms in total. The van der Waals surface area contributed by atoms with E-state index in [1.807, 2.05) is 31.2 Å². The number of esters is 1. The van der Waals surface area contributed by atoms with Gasteiger partial charge in [-0.05, 0) is 36.5 Å². The lowest BCUT2D eigenvalue weighted by molar-refractivity contribution is -0.149. The van der Waals surface area contributed by atoms with E-state index in [0.29, 0.717) is 18.9 Å². The summed E-state index contributed by atoms with van der Waals surface area (Å²) in [5, 5.41) is 0. The number of carbonyl (C=O) groups excluding carboxylic acids is 1. The fourth-order valence-electron chi connectivity index (χ4n) is 2.44. The van der Waals surface area contributed by atoms with E-state index in [-0.39, 0.29) is 11.9 Å². The number of unbranched alkanes of at least 4 members (excludes halogenated alkanes) is 1. The third kappa shape index (κ3) is 6.50. The van der Waals surface area contributed by atoms with Gasteiger partial charge in [0.05, 0.1) is 19.6 Å². The normalized spacial score (nSPS) is 13.5. The van der Waals surface area contributed by atoms with Crippen molar-refractivity contribution in [2.45, 2.75) is 52.9 Å². The highest BCUT2D eigenvalue weighted by atomic mass is 16.5. The third-order valence-corrected chi connectivity index (χ3v) is 4.11. The van der Waals surface area contributed by atoms with Crippen molar-refractivity contribution in [2.24, 2.45) is 11.8 Å². The van der Waals surface area contributed by atoms with Crippen molar-refractivity contribution in [3.63, 3.8) is 0 Å². The van der Waals surface area contributed by atoms with E-state index in [0.717, 1.165) is 24.2 Å². The monoisotopic (exact) mass is 306 g/mol. The molecule has 0 aliphatic rings. The molecule has 2 unspecified atom stereocenters. The largest absolute Gasteiger partial charge is 0.497 e. The van der Waals surface area contributed by atoms with Crippen molar-refractivity contribution in [1.29, 1.82) is 0 Å². The second-order valence-electron chi connectivity index (χ2n) is 6.00. The lowest BCUT2D eigenvalue weighted by atomic mass is 9.99. The number of rotatable bonds is 10. The van der Waals surface area contributed by atoms with E-state index in [9.17, 15) is 4.79 Å². The molecule has 1 rings (SSSR count). The summed E-state index contributed by atoms with van der Waals surface area (Å²) in [5.74, 6) is 1.13. The molecule has 1 aromatic carbocycles. The number of ether oxygens (including phenoxy) is 2. The van der Waals surface area contributed by atoms with Crippen LogP contribution in [0.3, 0.4) is 0 Å². The Morgan fingerprint density at radius 2 is 1.86 bits per heavy atom. The smallest absolute Gasteiger partial charge is 0.308 e. The van der Waals surface area contributed by atoms with Gasteiger partial charge in [-0.1, -0.05) is 52.2 Å². The van der Waals surface area contributed by atoms with Crippen LogP contribution in [-0.2, 0) is 16.0 Å². The molecule has 0 N–H and O–H groups in total. The fourth-order valence-corrected chi connectivity index (χ4v) is 2.44. The molecule has 0 spiro atoms. The van der Waals surface area contributed by atoms with Crippen LogP contribution >= 0.6 is 0 Å². The Morgan fingerprint density at radius 1 is 1.18 bits per heavy atom. The van der Waals surface area contributed by atoms with Crippen LogP contribution in [0.2, 0.25) is 0 Å². The van der Waals surface area contributed by atoms with Gasteiger partial charge in [0.1, 0.15) is 5.75 Å². The molecule has 2 atom stereocenters.